The number of sulfonamides is 1. The van der Waals surface area contributed by atoms with Crippen LogP contribution < -0.4 is 0 Å². The van der Waals surface area contributed by atoms with E-state index in [9.17, 15) is 8.42 Å². The molecule has 6 heteroatoms. The molecule has 0 saturated heterocycles. The van der Waals surface area contributed by atoms with Gasteiger partial charge in [0.05, 0.1) is 5.02 Å². The maximum atomic E-state index is 12.7. The van der Waals surface area contributed by atoms with Crippen LogP contribution in [0, 0.1) is 6.92 Å². The first-order chi connectivity index (χ1) is 9.34. The van der Waals surface area contributed by atoms with Gasteiger partial charge in [0, 0.05) is 18.1 Å². The van der Waals surface area contributed by atoms with Gasteiger partial charge in [0.15, 0.2) is 0 Å². The Morgan fingerprint density at radius 2 is 1.70 bits per heavy atom. The van der Waals surface area contributed by atoms with Crippen LogP contribution >= 0.6 is 23.2 Å². The number of hydrogen-bond acceptors (Lipinski definition) is 2. The molecule has 0 unspecified atom stereocenters. The lowest BCUT2D eigenvalue weighted by Crippen LogP contribution is -2.38. The fourth-order valence-electron chi connectivity index (χ4n) is 2.62. The first-order valence-electron chi connectivity index (χ1n) is 6.77. The van der Waals surface area contributed by atoms with E-state index >= 15 is 0 Å². The Balaban J connectivity index is 2.36. The molecular formula is C14H19Cl2NO2S. The summed E-state index contributed by atoms with van der Waals surface area (Å²) in [5.74, 6) is 0. The van der Waals surface area contributed by atoms with Crippen LogP contribution in [-0.4, -0.2) is 25.8 Å². The minimum absolute atomic E-state index is 0.0702. The van der Waals surface area contributed by atoms with Gasteiger partial charge in [0.2, 0.25) is 10.0 Å². The predicted octanol–water partition coefficient (Wildman–Crippen LogP) is 4.26. The summed E-state index contributed by atoms with van der Waals surface area (Å²) in [4.78, 5) is 0.147. The molecule has 2 rings (SSSR count). The molecule has 3 nitrogen and oxygen atoms in total. The molecule has 0 aromatic heterocycles. The normalized spacial score (nSPS) is 17.6. The second-order valence-electron chi connectivity index (χ2n) is 5.34. The molecule has 20 heavy (non-hydrogen) atoms. The van der Waals surface area contributed by atoms with Gasteiger partial charge in [-0.15, -0.1) is 0 Å². The van der Waals surface area contributed by atoms with E-state index in [1.54, 1.807) is 20.0 Å². The van der Waals surface area contributed by atoms with Gasteiger partial charge in [-0.25, -0.2) is 8.42 Å². The first-order valence-corrected chi connectivity index (χ1v) is 8.97. The van der Waals surface area contributed by atoms with Gasteiger partial charge in [0.1, 0.15) is 4.90 Å². The van der Waals surface area contributed by atoms with Crippen LogP contribution in [0.3, 0.4) is 0 Å². The molecule has 1 aromatic rings. The predicted molar refractivity (Wildman–Crippen MR) is 83.0 cm³/mol. The third-order valence-electron chi connectivity index (χ3n) is 3.96. The van der Waals surface area contributed by atoms with Crippen LogP contribution in [-0.2, 0) is 10.0 Å². The average molecular weight is 336 g/mol. The molecular weight excluding hydrogens is 317 g/mol. The van der Waals surface area contributed by atoms with Crippen molar-refractivity contribution in [2.24, 2.45) is 0 Å². The quantitative estimate of drug-likeness (QED) is 0.827. The fraction of sp³-hybridized carbons (Fsp3) is 0.571. The molecule has 0 heterocycles. The standard InChI is InChI=1S/C14H19Cl2NO2S/c1-10-8-14(13(16)9-12(10)15)20(18,19)17(2)11-6-4-3-5-7-11/h8-9,11H,3-7H2,1-2H3. The molecule has 1 saturated carbocycles. The van der Waals surface area contributed by atoms with E-state index in [-0.39, 0.29) is 16.0 Å². The zero-order valence-electron chi connectivity index (χ0n) is 11.7. The highest BCUT2D eigenvalue weighted by Crippen LogP contribution is 2.32. The van der Waals surface area contributed by atoms with Crippen LogP contribution in [0.1, 0.15) is 37.7 Å². The highest BCUT2D eigenvalue weighted by molar-refractivity contribution is 7.89. The van der Waals surface area contributed by atoms with Gasteiger partial charge < -0.3 is 0 Å². The lowest BCUT2D eigenvalue weighted by atomic mass is 9.96. The van der Waals surface area contributed by atoms with Gasteiger partial charge in [-0.1, -0.05) is 42.5 Å². The SMILES string of the molecule is Cc1cc(S(=O)(=O)N(C)C2CCCCC2)c(Cl)cc1Cl. The van der Waals surface area contributed by atoms with Gasteiger partial charge in [0.25, 0.3) is 0 Å². The number of aryl methyl sites for hydroxylation is 1. The zero-order chi connectivity index (χ0) is 14.9. The summed E-state index contributed by atoms with van der Waals surface area (Å²) in [5.41, 5.74) is 0.715. The molecule has 0 spiro atoms. The van der Waals surface area contributed by atoms with Crippen molar-refractivity contribution in [2.75, 3.05) is 7.05 Å². The summed E-state index contributed by atoms with van der Waals surface area (Å²) >= 11 is 12.1. The summed E-state index contributed by atoms with van der Waals surface area (Å²) in [6, 6.07) is 3.13. The monoisotopic (exact) mass is 335 g/mol. The highest BCUT2D eigenvalue weighted by Gasteiger charge is 2.30. The molecule has 0 aliphatic heterocycles. The van der Waals surface area contributed by atoms with E-state index in [1.165, 1.54) is 16.8 Å². The number of benzene rings is 1. The lowest BCUT2D eigenvalue weighted by Gasteiger charge is -2.30. The molecule has 0 amide bonds. The maximum Gasteiger partial charge on any atom is 0.244 e. The number of rotatable bonds is 3. The fourth-order valence-corrected chi connectivity index (χ4v) is 4.84. The molecule has 0 atom stereocenters. The largest absolute Gasteiger partial charge is 0.244 e. The van der Waals surface area contributed by atoms with E-state index in [0.29, 0.717) is 10.6 Å². The van der Waals surface area contributed by atoms with Crippen molar-refractivity contribution < 1.29 is 8.42 Å². The average Bonchev–Trinajstić information content (AvgIpc) is 2.42. The van der Waals surface area contributed by atoms with Crippen LogP contribution in [0.15, 0.2) is 17.0 Å². The first kappa shape index (κ1) is 16.1. The van der Waals surface area contributed by atoms with Crippen molar-refractivity contribution >= 4 is 33.2 Å². The van der Waals surface area contributed by atoms with Crippen LogP contribution in [0.4, 0.5) is 0 Å². The van der Waals surface area contributed by atoms with E-state index in [1.807, 2.05) is 0 Å². The number of hydrogen-bond donors (Lipinski definition) is 0. The zero-order valence-corrected chi connectivity index (χ0v) is 14.0. The Kier molecular flexibility index (Phi) is 5.00. The Hall–Kier alpha value is -0.290. The molecule has 0 N–H and O–H groups in total. The van der Waals surface area contributed by atoms with Gasteiger partial charge in [-0.3, -0.25) is 0 Å². The Morgan fingerprint density at radius 3 is 2.30 bits per heavy atom. The molecule has 0 radical (unpaired) electrons. The van der Waals surface area contributed by atoms with Gasteiger partial charge >= 0.3 is 0 Å². The van der Waals surface area contributed by atoms with Crippen molar-refractivity contribution in [2.45, 2.75) is 50.0 Å². The smallest absolute Gasteiger partial charge is 0.207 e. The van der Waals surface area contributed by atoms with E-state index in [0.717, 1.165) is 25.7 Å². The Morgan fingerprint density at radius 1 is 1.10 bits per heavy atom. The number of halogens is 2. The van der Waals surface area contributed by atoms with Crippen LogP contribution in [0.5, 0.6) is 0 Å². The summed E-state index contributed by atoms with van der Waals surface area (Å²) < 4.78 is 26.9. The molecule has 1 aliphatic rings. The highest BCUT2D eigenvalue weighted by atomic mass is 35.5. The molecule has 1 aromatic carbocycles. The maximum absolute atomic E-state index is 12.7. The molecule has 1 aliphatic carbocycles. The Labute approximate surface area is 130 Å². The Bertz CT molecular complexity index is 595. The minimum atomic E-state index is -3.57. The van der Waals surface area contributed by atoms with Crippen molar-refractivity contribution in [3.63, 3.8) is 0 Å². The summed E-state index contributed by atoms with van der Waals surface area (Å²) in [6.45, 7) is 1.78. The van der Waals surface area contributed by atoms with Gasteiger partial charge in [-0.2, -0.15) is 4.31 Å². The molecule has 0 bridgehead atoms. The van der Waals surface area contributed by atoms with Crippen molar-refractivity contribution in [3.8, 4) is 0 Å². The topological polar surface area (TPSA) is 37.4 Å². The van der Waals surface area contributed by atoms with Gasteiger partial charge in [-0.05, 0) is 37.5 Å². The third-order valence-corrected chi connectivity index (χ3v) is 6.74. The number of nitrogens with zero attached hydrogens (tertiary/aromatic N) is 1. The van der Waals surface area contributed by atoms with Crippen LogP contribution in [0.2, 0.25) is 10.0 Å². The third kappa shape index (κ3) is 3.14. The second-order valence-corrected chi connectivity index (χ2v) is 8.13. The van der Waals surface area contributed by atoms with E-state index < -0.39 is 10.0 Å². The van der Waals surface area contributed by atoms with E-state index in [4.69, 9.17) is 23.2 Å². The minimum Gasteiger partial charge on any atom is -0.207 e. The summed E-state index contributed by atoms with van der Waals surface area (Å²) in [6.07, 6.45) is 5.18. The van der Waals surface area contributed by atoms with Crippen molar-refractivity contribution in [1.29, 1.82) is 0 Å². The molecule has 112 valence electrons. The van der Waals surface area contributed by atoms with Crippen molar-refractivity contribution in [1.82, 2.24) is 4.31 Å². The summed E-state index contributed by atoms with van der Waals surface area (Å²) in [5, 5.41) is 0.664. The van der Waals surface area contributed by atoms with Crippen molar-refractivity contribution in [3.05, 3.63) is 27.7 Å². The summed E-state index contributed by atoms with van der Waals surface area (Å²) in [7, 11) is -1.92. The lowest BCUT2D eigenvalue weighted by molar-refractivity contribution is 0.286. The van der Waals surface area contributed by atoms with E-state index in [2.05, 4.69) is 0 Å². The van der Waals surface area contributed by atoms with Crippen LogP contribution in [0.25, 0.3) is 0 Å². The second kappa shape index (κ2) is 6.22. The molecule has 1 fully saturated rings.